The summed E-state index contributed by atoms with van der Waals surface area (Å²) in [5.74, 6) is 0.299. The Balaban J connectivity index is 0.000000683. The number of halogens is 1. The Hall–Kier alpha value is -5.73. The molecule has 0 radical (unpaired) electrons. The van der Waals surface area contributed by atoms with E-state index in [1.54, 1.807) is 12.3 Å². The van der Waals surface area contributed by atoms with Crippen LogP contribution in [0.4, 0.5) is 10.1 Å². The molecule has 3 heterocycles. The zero-order valence-electron chi connectivity index (χ0n) is 23.5. The molecular weight excluding hydrogens is 565 g/mol. The highest BCUT2D eigenvalue weighted by Crippen LogP contribution is 2.34. The summed E-state index contributed by atoms with van der Waals surface area (Å²) in [4.78, 5) is 24.7. The van der Waals surface area contributed by atoms with Gasteiger partial charge in [0.05, 0.1) is 29.9 Å². The number of rotatable bonds is 7. The molecule has 1 aliphatic heterocycles. The van der Waals surface area contributed by atoms with Crippen LogP contribution in [0.3, 0.4) is 0 Å². The van der Waals surface area contributed by atoms with Crippen molar-refractivity contribution in [1.29, 1.82) is 5.26 Å². The number of pyridine rings is 1. The lowest BCUT2D eigenvalue weighted by Crippen LogP contribution is -2.43. The maximum absolute atomic E-state index is 13.6. The molecule has 0 saturated carbocycles. The fraction of sp³-hybridized carbons (Fsp3) is 0.152. The molecule has 2 atom stereocenters. The summed E-state index contributed by atoms with van der Waals surface area (Å²) >= 11 is 0. The van der Waals surface area contributed by atoms with E-state index in [-0.39, 0.29) is 30.9 Å². The average molecular weight is 596 g/mol. The zero-order valence-corrected chi connectivity index (χ0v) is 23.5. The second-order valence-electron chi connectivity index (χ2n) is 9.64. The molecule has 0 unspecified atom stereocenters. The smallest absolute Gasteiger partial charge is 0.290 e. The summed E-state index contributed by atoms with van der Waals surface area (Å²) in [7, 11) is 0. The van der Waals surface area contributed by atoms with E-state index in [0.717, 1.165) is 46.4 Å². The summed E-state index contributed by atoms with van der Waals surface area (Å²) < 4.78 is 20.0. The van der Waals surface area contributed by atoms with E-state index in [4.69, 9.17) is 29.8 Å². The molecule has 6 rings (SSSR count). The molecule has 11 heteroatoms. The van der Waals surface area contributed by atoms with E-state index >= 15 is 0 Å². The average Bonchev–Trinajstić information content (AvgIpc) is 3.47. The molecule has 2 aromatic heterocycles. The first-order valence-corrected chi connectivity index (χ1v) is 13.6. The molecule has 0 bridgehead atoms. The molecule has 5 aromatic rings. The maximum Gasteiger partial charge on any atom is 0.290 e. The minimum Gasteiger partial charge on any atom is -0.483 e. The van der Waals surface area contributed by atoms with E-state index < -0.39 is 0 Å². The molecule has 5 N–H and O–H groups in total. The van der Waals surface area contributed by atoms with Crippen LogP contribution < -0.4 is 15.4 Å². The fourth-order valence-electron chi connectivity index (χ4n) is 4.90. The van der Waals surface area contributed by atoms with Crippen LogP contribution in [0.2, 0.25) is 0 Å². The van der Waals surface area contributed by atoms with Gasteiger partial charge < -0.3 is 30.6 Å². The topological polar surface area (TPSA) is 160 Å². The summed E-state index contributed by atoms with van der Waals surface area (Å²) in [5.41, 5.74) is 6.45. The number of aromatic nitrogens is 2. The number of aromatic amines is 1. The van der Waals surface area contributed by atoms with Gasteiger partial charge >= 0.3 is 0 Å². The minimum absolute atomic E-state index is 0.0414. The van der Waals surface area contributed by atoms with Gasteiger partial charge in [-0.2, -0.15) is 5.26 Å². The lowest BCUT2D eigenvalue weighted by Gasteiger charge is -2.33. The Morgan fingerprint density at radius 2 is 1.77 bits per heavy atom. The van der Waals surface area contributed by atoms with Crippen molar-refractivity contribution in [2.24, 2.45) is 0 Å². The van der Waals surface area contributed by atoms with E-state index in [2.05, 4.69) is 38.8 Å². The van der Waals surface area contributed by atoms with Crippen LogP contribution in [0.15, 0.2) is 91.1 Å². The van der Waals surface area contributed by atoms with Crippen molar-refractivity contribution in [2.45, 2.75) is 18.6 Å². The van der Waals surface area contributed by atoms with Crippen LogP contribution in [-0.2, 0) is 16.0 Å². The molecule has 0 saturated heterocycles. The highest BCUT2D eigenvalue weighted by atomic mass is 19.1. The molecule has 224 valence electrons. The highest BCUT2D eigenvalue weighted by molar-refractivity contribution is 5.86. The lowest BCUT2D eigenvalue weighted by molar-refractivity contribution is -0.123. The maximum atomic E-state index is 13.6. The van der Waals surface area contributed by atoms with Crippen LogP contribution in [0, 0.1) is 17.1 Å². The van der Waals surface area contributed by atoms with Gasteiger partial charge in [0.2, 0.25) is 5.88 Å². The molecular formula is C33H30FN5O5. The van der Waals surface area contributed by atoms with Crippen molar-refractivity contribution >= 4 is 29.5 Å². The van der Waals surface area contributed by atoms with Crippen molar-refractivity contribution in [3.05, 3.63) is 114 Å². The van der Waals surface area contributed by atoms with Crippen LogP contribution in [0.1, 0.15) is 22.7 Å². The van der Waals surface area contributed by atoms with Gasteiger partial charge in [0.25, 0.3) is 12.9 Å². The molecule has 0 aliphatic carbocycles. The summed E-state index contributed by atoms with van der Waals surface area (Å²) in [6, 6.07) is 28.7. The third-order valence-corrected chi connectivity index (χ3v) is 6.89. The number of hydrogen-bond acceptors (Lipinski definition) is 7. The minimum atomic E-state index is -0.258. The van der Waals surface area contributed by atoms with Gasteiger partial charge in [0.1, 0.15) is 11.9 Å². The second-order valence-corrected chi connectivity index (χ2v) is 9.64. The molecule has 1 aliphatic rings. The lowest BCUT2D eigenvalue weighted by atomic mass is 9.99. The van der Waals surface area contributed by atoms with Crippen molar-refractivity contribution < 1.29 is 28.9 Å². The van der Waals surface area contributed by atoms with Crippen molar-refractivity contribution in [1.82, 2.24) is 15.3 Å². The van der Waals surface area contributed by atoms with Crippen LogP contribution >= 0.6 is 0 Å². The van der Waals surface area contributed by atoms with Crippen molar-refractivity contribution in [3.8, 4) is 23.2 Å². The quantitative estimate of drug-likeness (QED) is 0.155. The van der Waals surface area contributed by atoms with Gasteiger partial charge in [-0.3, -0.25) is 9.59 Å². The second kappa shape index (κ2) is 15.5. The number of anilines is 1. The Kier molecular flexibility index (Phi) is 11.0. The summed E-state index contributed by atoms with van der Waals surface area (Å²) in [6.07, 6.45) is 2.45. The molecule has 0 fully saturated rings. The van der Waals surface area contributed by atoms with Gasteiger partial charge in [-0.15, -0.1) is 0 Å². The molecule has 0 amide bonds. The first-order chi connectivity index (χ1) is 21.5. The molecule has 0 spiro atoms. The SMILES string of the molecule is N#Cc1ccc(CCN[C@H](c2ccccc2)[C@@H]2CNc3cc(-c4cc5cc(F)ccc5[nH]4)cnc3O2)cc1.O=CO.O=CO. The fourth-order valence-corrected chi connectivity index (χ4v) is 4.90. The van der Waals surface area contributed by atoms with Gasteiger partial charge in [0, 0.05) is 28.4 Å². The van der Waals surface area contributed by atoms with Crippen LogP contribution in [-0.4, -0.2) is 52.3 Å². The summed E-state index contributed by atoms with van der Waals surface area (Å²) in [5, 5.41) is 30.8. The Morgan fingerprint density at radius 1 is 1.05 bits per heavy atom. The first kappa shape index (κ1) is 31.2. The van der Waals surface area contributed by atoms with Gasteiger partial charge in [-0.1, -0.05) is 42.5 Å². The van der Waals surface area contributed by atoms with Crippen LogP contribution in [0.25, 0.3) is 22.2 Å². The van der Waals surface area contributed by atoms with E-state index in [0.29, 0.717) is 18.0 Å². The monoisotopic (exact) mass is 595 g/mol. The van der Waals surface area contributed by atoms with Crippen molar-refractivity contribution in [3.63, 3.8) is 0 Å². The Labute approximate surface area is 252 Å². The van der Waals surface area contributed by atoms with E-state index in [1.807, 2.05) is 54.6 Å². The number of nitriles is 1. The normalized spacial score (nSPS) is 13.7. The number of carbonyl (C=O) groups is 2. The number of H-pyrrole nitrogens is 1. The van der Waals surface area contributed by atoms with E-state index in [9.17, 15) is 4.39 Å². The Bertz CT molecular complexity index is 1710. The predicted octanol–water partition coefficient (Wildman–Crippen LogP) is 5.39. The van der Waals surface area contributed by atoms with Gasteiger partial charge in [-0.25, -0.2) is 9.37 Å². The number of fused-ring (bicyclic) bond motifs is 2. The third kappa shape index (κ3) is 7.96. The van der Waals surface area contributed by atoms with Gasteiger partial charge in [0.15, 0.2) is 0 Å². The highest BCUT2D eigenvalue weighted by Gasteiger charge is 2.29. The number of benzene rings is 3. The third-order valence-electron chi connectivity index (χ3n) is 6.89. The van der Waals surface area contributed by atoms with E-state index in [1.165, 1.54) is 17.7 Å². The number of nitrogens with one attached hydrogen (secondary N) is 3. The van der Waals surface area contributed by atoms with Gasteiger partial charge in [-0.05, 0) is 66.6 Å². The van der Waals surface area contributed by atoms with Crippen molar-refractivity contribution in [2.75, 3.05) is 18.4 Å². The molecule has 44 heavy (non-hydrogen) atoms. The molecule has 3 aromatic carbocycles. The standard InChI is InChI=1S/C31H26FN5O.2CH2O2/c32-25-10-11-26-23(14-25)15-27(37-26)24-16-28-31(36-18-24)38-29(19-35-28)30(22-4-2-1-3-5-22)34-13-12-20-6-8-21(17-33)9-7-20;2*2-1-3/h1-11,14-16,18,29-30,34-35,37H,12-13,19H2;2*1H,(H,2,3)/t29-,30+;;/m0../s1. The molecule has 10 nitrogen and oxygen atoms in total. The first-order valence-electron chi connectivity index (χ1n) is 13.6. The number of carboxylic acid groups (broad SMARTS) is 2. The zero-order chi connectivity index (χ0) is 31.3. The Morgan fingerprint density at radius 3 is 2.48 bits per heavy atom. The van der Waals surface area contributed by atoms with Crippen LogP contribution in [0.5, 0.6) is 5.88 Å². The number of ether oxygens (including phenoxy) is 1. The largest absolute Gasteiger partial charge is 0.483 e. The summed E-state index contributed by atoms with van der Waals surface area (Å²) in [6.45, 7) is 0.866. The number of hydrogen-bond donors (Lipinski definition) is 5. The number of nitrogens with zero attached hydrogens (tertiary/aromatic N) is 2. The predicted molar refractivity (Wildman–Crippen MR) is 164 cm³/mol.